The van der Waals surface area contributed by atoms with Gasteiger partial charge in [-0.25, -0.2) is 5.43 Å². The standard InChI is InChI=1S/C21H23N3O2/c1-13-4-5-18(12-14(13)2)21(26)24-23-15(3)16-8-10-19(11-9-16)22-20(25)17-6-7-17/h4-5,8-12,17H,6-7H2,1-3H3,(H,22,25)(H,24,26)/b23-15+. The third-order valence-electron chi connectivity index (χ3n) is 4.61. The largest absolute Gasteiger partial charge is 0.326 e. The number of carbonyl (C=O) groups excluding carboxylic acids is 2. The first-order chi connectivity index (χ1) is 12.4. The highest BCUT2D eigenvalue weighted by Crippen LogP contribution is 2.30. The van der Waals surface area contributed by atoms with Gasteiger partial charge in [0.15, 0.2) is 0 Å². The minimum absolute atomic E-state index is 0.0868. The van der Waals surface area contributed by atoms with E-state index in [1.54, 1.807) is 6.07 Å². The molecular weight excluding hydrogens is 326 g/mol. The van der Waals surface area contributed by atoms with Gasteiger partial charge >= 0.3 is 0 Å². The summed E-state index contributed by atoms with van der Waals surface area (Å²) in [6.45, 7) is 5.82. The first-order valence-electron chi connectivity index (χ1n) is 8.77. The molecule has 0 spiro atoms. The molecule has 0 aliphatic heterocycles. The number of carbonyl (C=O) groups is 2. The highest BCUT2D eigenvalue weighted by Gasteiger charge is 2.29. The maximum Gasteiger partial charge on any atom is 0.271 e. The highest BCUT2D eigenvalue weighted by atomic mass is 16.2. The molecule has 26 heavy (non-hydrogen) atoms. The van der Waals surface area contributed by atoms with Gasteiger partial charge in [0.25, 0.3) is 5.91 Å². The summed E-state index contributed by atoms with van der Waals surface area (Å²) in [5, 5.41) is 7.08. The molecule has 0 atom stereocenters. The average Bonchev–Trinajstić information content (AvgIpc) is 3.47. The van der Waals surface area contributed by atoms with Crippen LogP contribution < -0.4 is 10.7 Å². The van der Waals surface area contributed by atoms with Gasteiger partial charge in [-0.2, -0.15) is 5.10 Å². The second-order valence-corrected chi connectivity index (χ2v) is 6.78. The van der Waals surface area contributed by atoms with Gasteiger partial charge in [-0.3, -0.25) is 9.59 Å². The van der Waals surface area contributed by atoms with Crippen molar-refractivity contribution in [3.63, 3.8) is 0 Å². The third kappa shape index (κ3) is 4.36. The lowest BCUT2D eigenvalue weighted by molar-refractivity contribution is -0.117. The van der Waals surface area contributed by atoms with Crippen LogP contribution in [0.1, 0.15) is 46.8 Å². The molecule has 5 nitrogen and oxygen atoms in total. The number of aryl methyl sites for hydroxylation is 2. The van der Waals surface area contributed by atoms with Crippen LogP contribution in [0, 0.1) is 19.8 Å². The van der Waals surface area contributed by atoms with Gasteiger partial charge in [-0.15, -0.1) is 0 Å². The Morgan fingerprint density at radius 1 is 0.962 bits per heavy atom. The van der Waals surface area contributed by atoms with Gasteiger partial charge in [-0.05, 0) is 74.6 Å². The Hall–Kier alpha value is -2.95. The van der Waals surface area contributed by atoms with E-state index in [0.717, 1.165) is 35.2 Å². The van der Waals surface area contributed by atoms with Crippen molar-refractivity contribution in [3.8, 4) is 0 Å². The number of hydrogen-bond donors (Lipinski definition) is 2. The van der Waals surface area contributed by atoms with E-state index in [1.165, 1.54) is 0 Å². The van der Waals surface area contributed by atoms with E-state index in [-0.39, 0.29) is 17.7 Å². The number of nitrogens with zero attached hydrogens (tertiary/aromatic N) is 1. The van der Waals surface area contributed by atoms with Crippen LogP contribution in [0.5, 0.6) is 0 Å². The van der Waals surface area contributed by atoms with Gasteiger partial charge in [0.05, 0.1) is 5.71 Å². The number of nitrogens with one attached hydrogen (secondary N) is 2. The summed E-state index contributed by atoms with van der Waals surface area (Å²) >= 11 is 0. The Bertz CT molecular complexity index is 865. The van der Waals surface area contributed by atoms with E-state index in [9.17, 15) is 9.59 Å². The van der Waals surface area contributed by atoms with E-state index in [1.807, 2.05) is 57.2 Å². The number of benzene rings is 2. The van der Waals surface area contributed by atoms with Gasteiger partial charge < -0.3 is 5.32 Å². The Labute approximate surface area is 153 Å². The Morgan fingerprint density at radius 3 is 2.23 bits per heavy atom. The van der Waals surface area contributed by atoms with Crippen LogP contribution in [0.2, 0.25) is 0 Å². The molecule has 0 unspecified atom stereocenters. The van der Waals surface area contributed by atoms with E-state index >= 15 is 0 Å². The Morgan fingerprint density at radius 2 is 1.62 bits per heavy atom. The second kappa shape index (κ2) is 7.52. The molecule has 1 aliphatic rings. The minimum Gasteiger partial charge on any atom is -0.326 e. The predicted molar refractivity (Wildman–Crippen MR) is 103 cm³/mol. The third-order valence-corrected chi connectivity index (χ3v) is 4.61. The van der Waals surface area contributed by atoms with Gasteiger partial charge in [0.2, 0.25) is 5.91 Å². The fourth-order valence-corrected chi connectivity index (χ4v) is 2.53. The molecule has 134 valence electrons. The number of hydrazone groups is 1. The molecule has 3 rings (SSSR count). The number of anilines is 1. The zero-order valence-electron chi connectivity index (χ0n) is 15.3. The van der Waals surface area contributed by atoms with Crippen molar-refractivity contribution in [1.29, 1.82) is 0 Å². The van der Waals surface area contributed by atoms with E-state index < -0.39 is 0 Å². The van der Waals surface area contributed by atoms with Crippen LogP contribution in [0.15, 0.2) is 47.6 Å². The number of hydrogen-bond acceptors (Lipinski definition) is 3. The summed E-state index contributed by atoms with van der Waals surface area (Å²) in [6, 6.07) is 13.0. The van der Waals surface area contributed by atoms with Crippen LogP contribution in [0.25, 0.3) is 0 Å². The molecule has 2 aromatic rings. The smallest absolute Gasteiger partial charge is 0.271 e. The fourth-order valence-electron chi connectivity index (χ4n) is 2.53. The SMILES string of the molecule is C/C(=N\NC(=O)c1ccc(C)c(C)c1)c1ccc(NC(=O)C2CC2)cc1. The molecule has 2 N–H and O–H groups in total. The zero-order valence-corrected chi connectivity index (χ0v) is 15.3. The predicted octanol–water partition coefficient (Wildman–Crippen LogP) is 3.81. The molecule has 1 fully saturated rings. The summed E-state index contributed by atoms with van der Waals surface area (Å²) in [7, 11) is 0. The van der Waals surface area contributed by atoms with Crippen molar-refractivity contribution >= 4 is 23.2 Å². The monoisotopic (exact) mass is 349 g/mol. The van der Waals surface area contributed by atoms with Gasteiger partial charge in [0.1, 0.15) is 0 Å². The van der Waals surface area contributed by atoms with Crippen LogP contribution >= 0.6 is 0 Å². The summed E-state index contributed by atoms with van der Waals surface area (Å²) in [5.41, 5.74) is 7.75. The Kier molecular flexibility index (Phi) is 5.16. The van der Waals surface area contributed by atoms with Crippen molar-refractivity contribution in [1.82, 2.24) is 5.43 Å². The summed E-state index contributed by atoms with van der Waals surface area (Å²) in [5.74, 6) is 0.0307. The van der Waals surface area contributed by atoms with Crippen molar-refractivity contribution in [2.45, 2.75) is 33.6 Å². The van der Waals surface area contributed by atoms with Crippen molar-refractivity contribution in [2.24, 2.45) is 11.0 Å². The highest BCUT2D eigenvalue weighted by molar-refractivity contribution is 6.01. The molecule has 2 amide bonds. The van der Waals surface area contributed by atoms with Crippen molar-refractivity contribution in [3.05, 3.63) is 64.7 Å². The van der Waals surface area contributed by atoms with E-state index in [2.05, 4.69) is 15.8 Å². The lowest BCUT2D eigenvalue weighted by Crippen LogP contribution is -2.19. The van der Waals surface area contributed by atoms with Gasteiger partial charge in [-0.1, -0.05) is 18.2 Å². The average molecular weight is 349 g/mol. The van der Waals surface area contributed by atoms with E-state index in [4.69, 9.17) is 0 Å². The van der Waals surface area contributed by atoms with Crippen LogP contribution in [0.3, 0.4) is 0 Å². The molecule has 1 aliphatic carbocycles. The topological polar surface area (TPSA) is 70.6 Å². The summed E-state index contributed by atoms with van der Waals surface area (Å²) in [6.07, 6.45) is 1.96. The van der Waals surface area contributed by atoms with Crippen LogP contribution in [-0.4, -0.2) is 17.5 Å². The molecule has 0 radical (unpaired) electrons. The Balaban J connectivity index is 1.62. The normalized spacial score (nSPS) is 14.0. The lowest BCUT2D eigenvalue weighted by atomic mass is 10.1. The molecular formula is C21H23N3O2. The van der Waals surface area contributed by atoms with Crippen LogP contribution in [-0.2, 0) is 4.79 Å². The molecule has 0 heterocycles. The summed E-state index contributed by atoms with van der Waals surface area (Å²) < 4.78 is 0. The summed E-state index contributed by atoms with van der Waals surface area (Å²) in [4.78, 5) is 24.0. The quantitative estimate of drug-likeness (QED) is 0.636. The van der Waals surface area contributed by atoms with Crippen LogP contribution in [0.4, 0.5) is 5.69 Å². The van der Waals surface area contributed by atoms with Gasteiger partial charge in [0, 0.05) is 17.2 Å². The fraction of sp³-hybridized carbons (Fsp3) is 0.286. The number of rotatable bonds is 5. The first-order valence-corrected chi connectivity index (χ1v) is 8.77. The molecule has 0 aromatic heterocycles. The van der Waals surface area contributed by atoms with Crippen molar-refractivity contribution < 1.29 is 9.59 Å². The minimum atomic E-state index is -0.235. The van der Waals surface area contributed by atoms with Crippen molar-refractivity contribution in [2.75, 3.05) is 5.32 Å². The molecule has 5 heteroatoms. The van der Waals surface area contributed by atoms with E-state index in [0.29, 0.717) is 11.3 Å². The second-order valence-electron chi connectivity index (χ2n) is 6.78. The molecule has 0 saturated heterocycles. The molecule has 1 saturated carbocycles. The maximum atomic E-state index is 12.2. The lowest BCUT2D eigenvalue weighted by Gasteiger charge is -2.07. The zero-order chi connectivity index (χ0) is 18.7. The molecule has 0 bridgehead atoms. The first kappa shape index (κ1) is 17.9. The molecule has 2 aromatic carbocycles. The maximum absolute atomic E-state index is 12.2. The number of amides is 2.